The first-order valence-corrected chi connectivity index (χ1v) is 9.76. The van der Waals surface area contributed by atoms with Crippen molar-refractivity contribution in [1.82, 2.24) is 20.2 Å². The summed E-state index contributed by atoms with van der Waals surface area (Å²) in [6.45, 7) is 4.64. The first-order chi connectivity index (χ1) is 13.8. The Bertz CT molecular complexity index is 647. The van der Waals surface area contributed by atoms with Crippen molar-refractivity contribution < 1.29 is 27.8 Å². The Morgan fingerprint density at radius 1 is 1.45 bits per heavy atom. The van der Waals surface area contributed by atoms with Crippen LogP contribution in [-0.2, 0) is 22.1 Å². The van der Waals surface area contributed by atoms with E-state index in [0.29, 0.717) is 38.7 Å². The molecular formula is C18H30F3N5O3. The van der Waals surface area contributed by atoms with Crippen LogP contribution in [0.25, 0.3) is 0 Å². The highest BCUT2D eigenvalue weighted by atomic mass is 19.4. The number of rotatable bonds is 10. The van der Waals surface area contributed by atoms with Crippen molar-refractivity contribution >= 4 is 5.96 Å². The standard InChI is InChI=1S/C18H30F3N5O3/c1-3-22-16(24-7-4-11-29-14-5-12-28-13-14)25-8-6-17(27,18(19,20)21)15-23-9-10-26(15)2/h9-10,14,27H,3-8,11-13H2,1-2H3,(H2,22,24,25). The number of aryl methyl sites for hydroxylation is 1. The summed E-state index contributed by atoms with van der Waals surface area (Å²) in [6.07, 6.45) is -1.15. The zero-order valence-electron chi connectivity index (χ0n) is 16.8. The molecule has 11 heteroatoms. The number of halogens is 3. The maximum absolute atomic E-state index is 13.5. The first kappa shape index (κ1) is 23.4. The Hall–Kier alpha value is -1.85. The van der Waals surface area contributed by atoms with Gasteiger partial charge in [0.1, 0.15) is 5.82 Å². The fourth-order valence-corrected chi connectivity index (χ4v) is 3.00. The van der Waals surface area contributed by atoms with E-state index in [4.69, 9.17) is 9.47 Å². The van der Waals surface area contributed by atoms with Crippen molar-refractivity contribution in [3.05, 3.63) is 18.2 Å². The minimum Gasteiger partial charge on any atom is -0.379 e. The number of aliphatic hydroxyl groups is 1. The molecule has 166 valence electrons. The summed E-state index contributed by atoms with van der Waals surface area (Å²) >= 11 is 0. The van der Waals surface area contributed by atoms with Gasteiger partial charge in [-0.1, -0.05) is 0 Å². The molecule has 1 aliphatic heterocycles. The fraction of sp³-hybridized carbons (Fsp3) is 0.778. The van der Waals surface area contributed by atoms with Crippen molar-refractivity contribution in [3.8, 4) is 0 Å². The van der Waals surface area contributed by atoms with Crippen molar-refractivity contribution in [2.75, 3.05) is 39.5 Å². The maximum atomic E-state index is 13.5. The van der Waals surface area contributed by atoms with Crippen LogP contribution in [0, 0.1) is 0 Å². The van der Waals surface area contributed by atoms with Gasteiger partial charge in [0.2, 0.25) is 5.60 Å². The third-order valence-corrected chi connectivity index (χ3v) is 4.60. The number of hydrogen-bond donors (Lipinski definition) is 3. The lowest BCUT2D eigenvalue weighted by atomic mass is 9.97. The molecule has 0 saturated carbocycles. The average molecular weight is 421 g/mol. The van der Waals surface area contributed by atoms with E-state index in [0.717, 1.165) is 13.0 Å². The van der Waals surface area contributed by atoms with Gasteiger partial charge < -0.3 is 29.8 Å². The van der Waals surface area contributed by atoms with Crippen molar-refractivity contribution in [2.24, 2.45) is 12.0 Å². The third-order valence-electron chi connectivity index (χ3n) is 4.60. The molecule has 0 aromatic carbocycles. The summed E-state index contributed by atoms with van der Waals surface area (Å²) in [7, 11) is 1.41. The molecule has 0 bridgehead atoms. The van der Waals surface area contributed by atoms with Crippen molar-refractivity contribution in [3.63, 3.8) is 0 Å². The summed E-state index contributed by atoms with van der Waals surface area (Å²) in [4.78, 5) is 8.03. The minimum atomic E-state index is -4.86. The molecule has 1 saturated heterocycles. The van der Waals surface area contributed by atoms with E-state index >= 15 is 0 Å². The molecular weight excluding hydrogens is 391 g/mol. The van der Waals surface area contributed by atoms with Gasteiger partial charge in [0.15, 0.2) is 5.96 Å². The summed E-state index contributed by atoms with van der Waals surface area (Å²) in [5.74, 6) is -0.0529. The number of ether oxygens (including phenoxy) is 2. The molecule has 2 atom stereocenters. The van der Waals surface area contributed by atoms with E-state index in [9.17, 15) is 18.3 Å². The molecule has 8 nitrogen and oxygen atoms in total. The molecule has 2 rings (SSSR count). The van der Waals surface area contributed by atoms with Crippen molar-refractivity contribution in [2.45, 2.75) is 44.1 Å². The summed E-state index contributed by atoms with van der Waals surface area (Å²) in [5, 5.41) is 16.2. The van der Waals surface area contributed by atoms with Gasteiger partial charge in [0.25, 0.3) is 0 Å². The lowest BCUT2D eigenvalue weighted by molar-refractivity contribution is -0.272. The molecule has 1 aromatic heterocycles. The summed E-state index contributed by atoms with van der Waals surface area (Å²) < 4.78 is 52.7. The summed E-state index contributed by atoms with van der Waals surface area (Å²) in [5.41, 5.74) is -3.05. The first-order valence-electron chi connectivity index (χ1n) is 9.76. The van der Waals surface area contributed by atoms with Crippen LogP contribution in [0.4, 0.5) is 13.2 Å². The average Bonchev–Trinajstić information content (AvgIpc) is 3.32. The molecule has 2 unspecified atom stereocenters. The van der Waals surface area contributed by atoms with E-state index < -0.39 is 24.0 Å². The topological polar surface area (TPSA) is 92.9 Å². The predicted octanol–water partition coefficient (Wildman–Crippen LogP) is 1.31. The zero-order chi connectivity index (χ0) is 21.3. The van der Waals surface area contributed by atoms with Crippen LogP contribution >= 0.6 is 0 Å². The Balaban J connectivity index is 1.85. The van der Waals surface area contributed by atoms with Crippen LogP contribution < -0.4 is 10.6 Å². The van der Waals surface area contributed by atoms with Crippen LogP contribution in [0.1, 0.15) is 32.0 Å². The van der Waals surface area contributed by atoms with Gasteiger partial charge in [-0.2, -0.15) is 13.2 Å². The van der Waals surface area contributed by atoms with E-state index in [2.05, 4.69) is 20.6 Å². The highest BCUT2D eigenvalue weighted by Gasteiger charge is 2.57. The molecule has 3 N–H and O–H groups in total. The van der Waals surface area contributed by atoms with Gasteiger partial charge in [0, 0.05) is 58.7 Å². The lowest BCUT2D eigenvalue weighted by Gasteiger charge is -2.30. The zero-order valence-corrected chi connectivity index (χ0v) is 16.8. The predicted molar refractivity (Wildman–Crippen MR) is 102 cm³/mol. The lowest BCUT2D eigenvalue weighted by Crippen LogP contribution is -2.48. The monoisotopic (exact) mass is 421 g/mol. The number of aliphatic imine (C=N–C) groups is 1. The molecule has 1 aliphatic rings. The van der Waals surface area contributed by atoms with Gasteiger partial charge in [-0.05, 0) is 19.8 Å². The second-order valence-electron chi connectivity index (χ2n) is 6.87. The number of guanidine groups is 1. The number of alkyl halides is 3. The van der Waals surface area contributed by atoms with Crippen LogP contribution in [0.15, 0.2) is 17.4 Å². The van der Waals surface area contributed by atoms with Gasteiger partial charge in [-0.3, -0.25) is 4.99 Å². The fourth-order valence-electron chi connectivity index (χ4n) is 3.00. The highest BCUT2D eigenvalue weighted by Crippen LogP contribution is 2.40. The SMILES string of the molecule is CCNC(=NCCCOC1CCOC1)NCCC(O)(c1nccn1C)C(F)(F)F. The number of nitrogens with zero attached hydrogens (tertiary/aromatic N) is 3. The van der Waals surface area contributed by atoms with Gasteiger partial charge >= 0.3 is 6.18 Å². The van der Waals surface area contributed by atoms with Gasteiger partial charge in [-0.15, -0.1) is 0 Å². The smallest absolute Gasteiger partial charge is 0.379 e. The normalized spacial score (nSPS) is 19.9. The number of aromatic nitrogens is 2. The Labute approximate surface area is 168 Å². The molecule has 1 fully saturated rings. The second kappa shape index (κ2) is 10.8. The quantitative estimate of drug-likeness (QED) is 0.300. The van der Waals surface area contributed by atoms with Crippen LogP contribution in [0.2, 0.25) is 0 Å². The van der Waals surface area contributed by atoms with Gasteiger partial charge in [0.05, 0.1) is 12.7 Å². The van der Waals surface area contributed by atoms with E-state index in [1.165, 1.54) is 24.0 Å². The Kier molecular flexibility index (Phi) is 8.72. The van der Waals surface area contributed by atoms with Crippen LogP contribution in [0.5, 0.6) is 0 Å². The molecule has 0 amide bonds. The molecule has 2 heterocycles. The number of imidazole rings is 1. The van der Waals surface area contributed by atoms with Crippen LogP contribution in [0.3, 0.4) is 0 Å². The van der Waals surface area contributed by atoms with Gasteiger partial charge in [-0.25, -0.2) is 4.98 Å². The van der Waals surface area contributed by atoms with Crippen LogP contribution in [-0.4, -0.2) is 72.4 Å². The molecule has 0 radical (unpaired) electrons. The molecule has 0 aliphatic carbocycles. The van der Waals surface area contributed by atoms with Crippen molar-refractivity contribution in [1.29, 1.82) is 0 Å². The Morgan fingerprint density at radius 3 is 2.83 bits per heavy atom. The second-order valence-corrected chi connectivity index (χ2v) is 6.87. The van der Waals surface area contributed by atoms with E-state index in [-0.39, 0.29) is 12.6 Å². The molecule has 29 heavy (non-hydrogen) atoms. The Morgan fingerprint density at radius 2 is 2.24 bits per heavy atom. The highest BCUT2D eigenvalue weighted by molar-refractivity contribution is 5.79. The van der Waals surface area contributed by atoms with E-state index in [1.807, 2.05) is 6.92 Å². The number of nitrogens with one attached hydrogen (secondary N) is 2. The minimum absolute atomic E-state index is 0.134. The summed E-state index contributed by atoms with van der Waals surface area (Å²) in [6, 6.07) is 0. The number of hydrogen-bond acceptors (Lipinski definition) is 5. The molecule has 1 aromatic rings. The maximum Gasteiger partial charge on any atom is 0.424 e. The van der Waals surface area contributed by atoms with E-state index in [1.54, 1.807) is 0 Å². The molecule has 0 spiro atoms. The largest absolute Gasteiger partial charge is 0.424 e. The third kappa shape index (κ3) is 6.58.